The Hall–Kier alpha value is -1.66. The molecule has 0 aliphatic rings. The molecule has 0 atom stereocenters. The average Bonchev–Trinajstić information content (AvgIpc) is 2.63. The minimum atomic E-state index is -3.54. The van der Waals surface area contributed by atoms with Crippen LogP contribution < -0.4 is 0 Å². The van der Waals surface area contributed by atoms with Crippen LogP contribution in [0.25, 0.3) is 6.08 Å². The van der Waals surface area contributed by atoms with Crippen molar-refractivity contribution in [1.82, 2.24) is 4.31 Å². The van der Waals surface area contributed by atoms with Gasteiger partial charge in [-0.05, 0) is 48.0 Å². The van der Waals surface area contributed by atoms with Gasteiger partial charge in [0, 0.05) is 18.7 Å². The van der Waals surface area contributed by atoms with Crippen molar-refractivity contribution in [3.8, 4) is 0 Å². The third kappa shape index (κ3) is 4.54. The summed E-state index contributed by atoms with van der Waals surface area (Å²) in [6.07, 6.45) is 2.96. The first-order valence-electron chi connectivity index (χ1n) is 8.07. The number of hydrogen-bond donors (Lipinski definition) is 0. The van der Waals surface area contributed by atoms with Crippen molar-refractivity contribution in [3.05, 3.63) is 69.7 Å². The van der Waals surface area contributed by atoms with Crippen LogP contribution in [-0.2, 0) is 10.0 Å². The van der Waals surface area contributed by atoms with E-state index in [0.717, 1.165) is 0 Å². The molecule has 0 heterocycles. The number of sulfonamides is 1. The smallest absolute Gasteiger partial charge is 0.243 e. The summed E-state index contributed by atoms with van der Waals surface area (Å²) in [6.45, 7) is 4.35. The monoisotopic (exact) mass is 411 g/mol. The van der Waals surface area contributed by atoms with Crippen molar-refractivity contribution in [2.75, 3.05) is 13.1 Å². The lowest BCUT2D eigenvalue weighted by molar-refractivity contribution is 0.104. The van der Waals surface area contributed by atoms with Gasteiger partial charge in [-0.1, -0.05) is 49.2 Å². The number of rotatable bonds is 7. The summed E-state index contributed by atoms with van der Waals surface area (Å²) in [5.41, 5.74) is 1.02. The number of carbonyl (C=O) groups excluding carboxylic acids is 1. The Kier molecular flexibility index (Phi) is 7.01. The Balaban J connectivity index is 2.21. The van der Waals surface area contributed by atoms with E-state index in [0.29, 0.717) is 34.3 Å². The van der Waals surface area contributed by atoms with Crippen LogP contribution in [0.3, 0.4) is 0 Å². The minimum absolute atomic E-state index is 0.166. The van der Waals surface area contributed by atoms with Gasteiger partial charge in [-0.25, -0.2) is 8.42 Å². The average molecular weight is 412 g/mol. The number of benzene rings is 2. The van der Waals surface area contributed by atoms with E-state index in [9.17, 15) is 13.2 Å². The highest BCUT2D eigenvalue weighted by atomic mass is 35.5. The second-order valence-corrected chi connectivity index (χ2v) is 8.18. The summed E-state index contributed by atoms with van der Waals surface area (Å²) in [5, 5.41) is 0.783. The molecule has 138 valence electrons. The fourth-order valence-electron chi connectivity index (χ4n) is 2.41. The molecular weight excluding hydrogens is 393 g/mol. The van der Waals surface area contributed by atoms with Crippen molar-refractivity contribution >= 4 is 45.1 Å². The highest BCUT2D eigenvalue weighted by Crippen LogP contribution is 2.26. The molecule has 7 heteroatoms. The van der Waals surface area contributed by atoms with Crippen molar-refractivity contribution < 1.29 is 13.2 Å². The molecule has 0 spiro atoms. The maximum Gasteiger partial charge on any atom is 0.243 e. The zero-order valence-electron chi connectivity index (χ0n) is 14.4. The Morgan fingerprint density at radius 1 is 1.04 bits per heavy atom. The molecule has 0 bridgehead atoms. The van der Waals surface area contributed by atoms with Crippen LogP contribution in [0.1, 0.15) is 29.8 Å². The molecule has 0 aromatic heterocycles. The number of halogens is 2. The molecule has 0 N–H and O–H groups in total. The first kappa shape index (κ1) is 20.6. The predicted molar refractivity (Wildman–Crippen MR) is 106 cm³/mol. The number of allylic oxidation sites excluding steroid dienone is 1. The topological polar surface area (TPSA) is 54.5 Å². The van der Waals surface area contributed by atoms with Crippen molar-refractivity contribution in [2.24, 2.45) is 0 Å². The van der Waals surface area contributed by atoms with Gasteiger partial charge in [0.25, 0.3) is 0 Å². The number of ketones is 1. The first-order chi connectivity index (χ1) is 12.3. The lowest BCUT2D eigenvalue weighted by atomic mass is 10.1. The van der Waals surface area contributed by atoms with E-state index in [1.165, 1.54) is 34.6 Å². The molecule has 26 heavy (non-hydrogen) atoms. The molecule has 4 nitrogen and oxygen atoms in total. The van der Waals surface area contributed by atoms with E-state index in [4.69, 9.17) is 23.2 Å². The summed E-state index contributed by atoms with van der Waals surface area (Å²) in [4.78, 5) is 12.5. The molecule has 0 unspecified atom stereocenters. The summed E-state index contributed by atoms with van der Waals surface area (Å²) < 4.78 is 26.3. The lowest BCUT2D eigenvalue weighted by Crippen LogP contribution is -2.30. The number of carbonyl (C=O) groups is 1. The zero-order chi connectivity index (χ0) is 19.3. The molecule has 0 aliphatic carbocycles. The molecule has 0 fully saturated rings. The van der Waals surface area contributed by atoms with E-state index in [-0.39, 0.29) is 10.7 Å². The second kappa shape index (κ2) is 8.82. The third-order valence-electron chi connectivity index (χ3n) is 3.88. The number of nitrogens with zero attached hydrogens (tertiary/aromatic N) is 1. The fraction of sp³-hybridized carbons (Fsp3) is 0.211. The van der Waals surface area contributed by atoms with Crippen LogP contribution >= 0.6 is 23.2 Å². The molecule has 2 rings (SSSR count). The van der Waals surface area contributed by atoms with Gasteiger partial charge in [0.05, 0.1) is 14.9 Å². The van der Waals surface area contributed by atoms with E-state index in [1.54, 1.807) is 38.1 Å². The van der Waals surface area contributed by atoms with Crippen LogP contribution in [0.5, 0.6) is 0 Å². The molecular formula is C19H19Cl2NO3S. The van der Waals surface area contributed by atoms with Crippen LogP contribution in [0.2, 0.25) is 10.0 Å². The molecule has 0 radical (unpaired) electrons. The van der Waals surface area contributed by atoms with Gasteiger partial charge in [0.1, 0.15) is 0 Å². The first-order valence-corrected chi connectivity index (χ1v) is 10.3. The Bertz CT molecular complexity index is 918. The maximum atomic E-state index is 12.5. The SMILES string of the molecule is CCN(CC)S(=O)(=O)c1ccc(C(=O)C=Cc2cccc(Cl)c2Cl)cc1. The molecule has 2 aromatic carbocycles. The standard InChI is InChI=1S/C19H19Cl2NO3S/c1-3-22(4-2)26(24,25)16-11-8-14(9-12-16)18(23)13-10-15-6-5-7-17(20)19(15)21/h5-13H,3-4H2,1-2H3. The van der Waals surface area contributed by atoms with Gasteiger partial charge in [0.15, 0.2) is 5.78 Å². The predicted octanol–water partition coefficient (Wildman–Crippen LogP) is 4.92. The van der Waals surface area contributed by atoms with Crippen molar-refractivity contribution in [2.45, 2.75) is 18.7 Å². The summed E-state index contributed by atoms with van der Waals surface area (Å²) in [7, 11) is -3.54. The Labute approximate surface area is 164 Å². The minimum Gasteiger partial charge on any atom is -0.289 e. The van der Waals surface area contributed by atoms with Crippen LogP contribution in [0.15, 0.2) is 53.4 Å². The van der Waals surface area contributed by atoms with Crippen LogP contribution in [0.4, 0.5) is 0 Å². The molecule has 2 aromatic rings. The van der Waals surface area contributed by atoms with Gasteiger partial charge in [-0.3, -0.25) is 4.79 Å². The highest BCUT2D eigenvalue weighted by molar-refractivity contribution is 7.89. The highest BCUT2D eigenvalue weighted by Gasteiger charge is 2.21. The van der Waals surface area contributed by atoms with Gasteiger partial charge in [-0.15, -0.1) is 0 Å². The van der Waals surface area contributed by atoms with Crippen molar-refractivity contribution in [3.63, 3.8) is 0 Å². The molecule has 0 saturated heterocycles. The Morgan fingerprint density at radius 2 is 1.65 bits per heavy atom. The normalized spacial score (nSPS) is 12.0. The van der Waals surface area contributed by atoms with Crippen LogP contribution in [0, 0.1) is 0 Å². The maximum absolute atomic E-state index is 12.5. The van der Waals surface area contributed by atoms with Gasteiger partial charge >= 0.3 is 0 Å². The van der Waals surface area contributed by atoms with E-state index >= 15 is 0 Å². The van der Waals surface area contributed by atoms with E-state index in [1.807, 2.05) is 0 Å². The third-order valence-corrected chi connectivity index (χ3v) is 6.78. The molecule has 0 aliphatic heterocycles. The van der Waals surface area contributed by atoms with E-state index < -0.39 is 10.0 Å². The molecule has 0 amide bonds. The summed E-state index contributed by atoms with van der Waals surface area (Å²) >= 11 is 12.0. The summed E-state index contributed by atoms with van der Waals surface area (Å²) in [6, 6.07) is 11.1. The zero-order valence-corrected chi connectivity index (χ0v) is 16.8. The van der Waals surface area contributed by atoms with Crippen LogP contribution in [-0.4, -0.2) is 31.6 Å². The van der Waals surface area contributed by atoms with Gasteiger partial charge in [-0.2, -0.15) is 4.31 Å². The lowest BCUT2D eigenvalue weighted by Gasteiger charge is -2.18. The van der Waals surface area contributed by atoms with Gasteiger partial charge in [0.2, 0.25) is 10.0 Å². The second-order valence-electron chi connectivity index (χ2n) is 5.45. The van der Waals surface area contributed by atoms with Crippen molar-refractivity contribution in [1.29, 1.82) is 0 Å². The number of hydrogen-bond acceptors (Lipinski definition) is 3. The fourth-order valence-corrected chi connectivity index (χ4v) is 4.24. The quantitative estimate of drug-likeness (QED) is 0.479. The molecule has 0 saturated carbocycles. The summed E-state index contributed by atoms with van der Waals surface area (Å²) in [5.74, 6) is -0.257. The Morgan fingerprint density at radius 3 is 2.23 bits per heavy atom. The van der Waals surface area contributed by atoms with Gasteiger partial charge < -0.3 is 0 Å². The van der Waals surface area contributed by atoms with E-state index in [2.05, 4.69) is 0 Å². The largest absolute Gasteiger partial charge is 0.289 e.